The molecule has 168 valence electrons. The van der Waals surface area contributed by atoms with Gasteiger partial charge in [-0.15, -0.1) is 0 Å². The predicted molar refractivity (Wildman–Crippen MR) is 114 cm³/mol. The minimum Gasteiger partial charge on any atom is -0.469 e. The number of esters is 1. The summed E-state index contributed by atoms with van der Waals surface area (Å²) < 4.78 is 59.8. The van der Waals surface area contributed by atoms with Crippen molar-refractivity contribution in [3.8, 4) is 0 Å². The van der Waals surface area contributed by atoms with Gasteiger partial charge >= 0.3 is 5.97 Å². The Bertz CT molecular complexity index is 1040. The number of carbonyl (C=O) groups excluding carboxylic acids is 1. The number of hydrogen-bond donors (Lipinski definition) is 0. The average Bonchev–Trinajstić information content (AvgIpc) is 2.75. The Kier molecular flexibility index (Phi) is 7.37. The zero-order valence-electron chi connectivity index (χ0n) is 17.2. The van der Waals surface area contributed by atoms with E-state index in [4.69, 9.17) is 11.6 Å². The van der Waals surface area contributed by atoms with Gasteiger partial charge in [0, 0.05) is 17.0 Å². The van der Waals surface area contributed by atoms with E-state index in [0.29, 0.717) is 24.3 Å². The van der Waals surface area contributed by atoms with Crippen LogP contribution in [-0.4, -0.2) is 21.5 Å². The Labute approximate surface area is 186 Å². The summed E-state index contributed by atoms with van der Waals surface area (Å²) in [7, 11) is -2.75. The molecule has 2 aromatic carbocycles. The van der Waals surface area contributed by atoms with E-state index in [1.54, 1.807) is 0 Å². The molecule has 0 heterocycles. The molecule has 1 fully saturated rings. The molecule has 31 heavy (non-hydrogen) atoms. The van der Waals surface area contributed by atoms with Gasteiger partial charge in [-0.25, -0.2) is 17.2 Å². The molecule has 0 radical (unpaired) electrons. The van der Waals surface area contributed by atoms with E-state index in [0.717, 1.165) is 24.6 Å². The van der Waals surface area contributed by atoms with Gasteiger partial charge in [0.05, 0.1) is 12.0 Å². The van der Waals surface area contributed by atoms with Crippen LogP contribution in [0.15, 0.2) is 47.4 Å². The van der Waals surface area contributed by atoms with Crippen LogP contribution in [0.25, 0.3) is 0 Å². The maximum atomic E-state index is 14.9. The fraction of sp³-hybridized carbons (Fsp3) is 0.435. The highest BCUT2D eigenvalue weighted by atomic mass is 35.5. The average molecular weight is 471 g/mol. The molecule has 0 aliphatic heterocycles. The summed E-state index contributed by atoms with van der Waals surface area (Å²) in [6.45, 7) is 0. The first-order chi connectivity index (χ1) is 14.7. The van der Waals surface area contributed by atoms with Crippen LogP contribution < -0.4 is 0 Å². The van der Waals surface area contributed by atoms with Crippen LogP contribution in [0.3, 0.4) is 0 Å². The quantitative estimate of drug-likeness (QED) is 0.478. The first-order valence-electron chi connectivity index (χ1n) is 10.2. The third kappa shape index (κ3) is 4.93. The van der Waals surface area contributed by atoms with Crippen LogP contribution in [0.2, 0.25) is 5.02 Å². The Morgan fingerprint density at radius 2 is 1.90 bits per heavy atom. The van der Waals surface area contributed by atoms with E-state index >= 15 is 0 Å². The number of methoxy groups -OCH3 is 1. The van der Waals surface area contributed by atoms with Crippen molar-refractivity contribution in [1.82, 2.24) is 0 Å². The standard InChI is InChI=1S/C23H25ClF2O4S/c1-30-22(27)6-2-4-16-5-3-13-23(15-16,20-14-18(25)9-12-21(20)26)31(28,29)19-10-7-17(24)8-11-19/h7-12,14,16H,2-6,13,15H2,1H3/t16-,23-/m0/s1. The Hall–Kier alpha value is -1.99. The molecule has 0 unspecified atom stereocenters. The molecular weight excluding hydrogens is 446 g/mol. The van der Waals surface area contributed by atoms with Crippen molar-refractivity contribution < 1.29 is 26.7 Å². The van der Waals surface area contributed by atoms with Crippen molar-refractivity contribution in [3.05, 3.63) is 64.7 Å². The molecule has 4 nitrogen and oxygen atoms in total. The van der Waals surface area contributed by atoms with Crippen molar-refractivity contribution in [3.63, 3.8) is 0 Å². The summed E-state index contributed by atoms with van der Waals surface area (Å²) in [5, 5.41) is 0.384. The number of rotatable bonds is 7. The van der Waals surface area contributed by atoms with Crippen LogP contribution in [0.1, 0.15) is 50.5 Å². The van der Waals surface area contributed by atoms with E-state index < -0.39 is 26.2 Å². The van der Waals surface area contributed by atoms with Gasteiger partial charge in [0.1, 0.15) is 16.4 Å². The zero-order chi connectivity index (χ0) is 22.6. The first-order valence-corrected chi connectivity index (χ1v) is 12.1. The number of hydrogen-bond acceptors (Lipinski definition) is 4. The van der Waals surface area contributed by atoms with Gasteiger partial charge in [-0.2, -0.15) is 0 Å². The Morgan fingerprint density at radius 1 is 1.19 bits per heavy atom. The number of carbonyl (C=O) groups is 1. The topological polar surface area (TPSA) is 60.4 Å². The molecule has 1 aliphatic rings. The predicted octanol–water partition coefficient (Wildman–Crippen LogP) is 5.82. The molecule has 0 amide bonds. The lowest BCUT2D eigenvalue weighted by Gasteiger charge is -2.41. The van der Waals surface area contributed by atoms with Crippen LogP contribution in [0, 0.1) is 17.6 Å². The molecule has 8 heteroatoms. The molecule has 0 saturated heterocycles. The normalized spacial score (nSPS) is 21.6. The highest BCUT2D eigenvalue weighted by Crippen LogP contribution is 2.50. The minimum atomic E-state index is -4.07. The summed E-state index contributed by atoms with van der Waals surface area (Å²) in [5.74, 6) is -1.81. The highest BCUT2D eigenvalue weighted by molar-refractivity contribution is 7.92. The van der Waals surface area contributed by atoms with Crippen molar-refractivity contribution in [2.75, 3.05) is 7.11 Å². The summed E-state index contributed by atoms with van der Waals surface area (Å²) in [4.78, 5) is 11.5. The fourth-order valence-electron chi connectivity index (χ4n) is 4.55. The van der Waals surface area contributed by atoms with E-state index in [2.05, 4.69) is 4.74 Å². The summed E-state index contributed by atoms with van der Waals surface area (Å²) in [5.41, 5.74) is -0.139. The molecule has 0 N–H and O–H groups in total. The van der Waals surface area contributed by atoms with Crippen LogP contribution in [0.5, 0.6) is 0 Å². The number of halogens is 3. The summed E-state index contributed by atoms with van der Waals surface area (Å²) >= 11 is 5.92. The monoisotopic (exact) mass is 470 g/mol. The van der Waals surface area contributed by atoms with Gasteiger partial charge in [-0.05, 0) is 74.1 Å². The molecule has 3 rings (SSSR count). The number of benzene rings is 2. The summed E-state index contributed by atoms with van der Waals surface area (Å²) in [6.07, 6.45) is 3.02. The van der Waals surface area contributed by atoms with Gasteiger partial charge in [-0.3, -0.25) is 4.79 Å². The molecule has 0 bridgehead atoms. The van der Waals surface area contributed by atoms with E-state index in [1.807, 2.05) is 0 Å². The summed E-state index contributed by atoms with van der Waals surface area (Å²) in [6, 6.07) is 8.71. The molecule has 0 aromatic heterocycles. The Balaban J connectivity index is 2.04. The maximum absolute atomic E-state index is 14.9. The highest BCUT2D eigenvalue weighted by Gasteiger charge is 2.50. The molecule has 2 atom stereocenters. The molecule has 2 aromatic rings. The van der Waals surface area contributed by atoms with E-state index in [1.165, 1.54) is 31.4 Å². The molecule has 0 spiro atoms. The first kappa shape index (κ1) is 23.7. The van der Waals surface area contributed by atoms with Crippen molar-refractivity contribution >= 4 is 27.4 Å². The minimum absolute atomic E-state index is 0.0239. The van der Waals surface area contributed by atoms with E-state index in [-0.39, 0.29) is 41.6 Å². The lowest BCUT2D eigenvalue weighted by Crippen LogP contribution is -2.41. The maximum Gasteiger partial charge on any atom is 0.305 e. The fourth-order valence-corrected chi connectivity index (χ4v) is 6.94. The van der Waals surface area contributed by atoms with Gasteiger partial charge < -0.3 is 4.74 Å². The van der Waals surface area contributed by atoms with Crippen LogP contribution in [0.4, 0.5) is 8.78 Å². The van der Waals surface area contributed by atoms with Crippen LogP contribution >= 0.6 is 11.6 Å². The second kappa shape index (κ2) is 9.65. The third-order valence-corrected chi connectivity index (χ3v) is 8.85. The lowest BCUT2D eigenvalue weighted by atomic mass is 9.75. The zero-order valence-corrected chi connectivity index (χ0v) is 18.8. The largest absolute Gasteiger partial charge is 0.469 e. The van der Waals surface area contributed by atoms with Crippen molar-refractivity contribution in [2.24, 2.45) is 5.92 Å². The smallest absolute Gasteiger partial charge is 0.305 e. The SMILES string of the molecule is COC(=O)CCC[C@H]1CCC[C@](c2cc(F)ccc2F)(S(=O)(=O)c2ccc(Cl)cc2)C1. The molecule has 1 aliphatic carbocycles. The second-order valence-corrected chi connectivity index (χ2v) is 10.7. The Morgan fingerprint density at radius 3 is 2.58 bits per heavy atom. The van der Waals surface area contributed by atoms with Crippen molar-refractivity contribution in [1.29, 1.82) is 0 Å². The van der Waals surface area contributed by atoms with Gasteiger partial charge in [-0.1, -0.05) is 24.4 Å². The molecule has 1 saturated carbocycles. The van der Waals surface area contributed by atoms with E-state index in [9.17, 15) is 22.0 Å². The third-order valence-electron chi connectivity index (χ3n) is 6.09. The number of ether oxygens (including phenoxy) is 1. The van der Waals surface area contributed by atoms with Gasteiger partial charge in [0.2, 0.25) is 0 Å². The van der Waals surface area contributed by atoms with Crippen LogP contribution in [-0.2, 0) is 24.1 Å². The van der Waals surface area contributed by atoms with Gasteiger partial charge in [0.25, 0.3) is 0 Å². The van der Waals surface area contributed by atoms with Gasteiger partial charge in [0.15, 0.2) is 9.84 Å². The lowest BCUT2D eigenvalue weighted by molar-refractivity contribution is -0.140. The second-order valence-electron chi connectivity index (χ2n) is 8.01. The molecular formula is C23H25ClF2O4S. The van der Waals surface area contributed by atoms with Crippen molar-refractivity contribution in [2.45, 2.75) is 54.6 Å². The number of sulfone groups is 1.